The lowest BCUT2D eigenvalue weighted by atomic mass is 9.99. The summed E-state index contributed by atoms with van der Waals surface area (Å²) >= 11 is 0. The monoisotopic (exact) mass is 315 g/mol. The van der Waals surface area contributed by atoms with Gasteiger partial charge >= 0.3 is 11.9 Å². The van der Waals surface area contributed by atoms with Crippen molar-refractivity contribution in [2.45, 2.75) is 30.7 Å². The molecule has 1 aromatic carbocycles. The van der Waals surface area contributed by atoms with E-state index in [9.17, 15) is 23.1 Å². The first-order valence-corrected chi connectivity index (χ1v) is 7.46. The van der Waals surface area contributed by atoms with E-state index in [1.54, 1.807) is 19.1 Å². The second-order valence-electron chi connectivity index (χ2n) is 4.94. The van der Waals surface area contributed by atoms with Gasteiger partial charge in [0, 0.05) is 7.05 Å². The van der Waals surface area contributed by atoms with Crippen LogP contribution in [0.2, 0.25) is 0 Å². The quantitative estimate of drug-likeness (QED) is 0.807. The number of aliphatic carboxylic acids is 2. The van der Waals surface area contributed by atoms with Gasteiger partial charge in [-0.2, -0.15) is 4.31 Å². The molecule has 0 amide bonds. The van der Waals surface area contributed by atoms with E-state index < -0.39 is 33.9 Å². The SMILES string of the molecule is Cc1ccc(S(=O)(=O)N(C)[C@@](C)(CC(=O)O)C(=O)O)cc1. The largest absolute Gasteiger partial charge is 0.481 e. The normalized spacial score (nSPS) is 14.7. The molecule has 0 radical (unpaired) electrons. The summed E-state index contributed by atoms with van der Waals surface area (Å²) in [5, 5.41) is 18.1. The van der Waals surface area contributed by atoms with Crippen LogP contribution < -0.4 is 0 Å². The Bertz CT molecular complexity index is 652. The van der Waals surface area contributed by atoms with Crippen LogP contribution in [0.4, 0.5) is 0 Å². The van der Waals surface area contributed by atoms with Gasteiger partial charge in [-0.05, 0) is 26.0 Å². The molecule has 1 aromatic rings. The molecule has 0 spiro atoms. The third-order valence-corrected chi connectivity index (χ3v) is 5.32. The predicted molar refractivity (Wildman–Crippen MR) is 74.4 cm³/mol. The average molecular weight is 315 g/mol. The Morgan fingerprint density at radius 1 is 1.19 bits per heavy atom. The van der Waals surface area contributed by atoms with Gasteiger partial charge in [0.15, 0.2) is 0 Å². The van der Waals surface area contributed by atoms with Crippen molar-refractivity contribution in [2.24, 2.45) is 0 Å². The van der Waals surface area contributed by atoms with Gasteiger partial charge in [-0.25, -0.2) is 8.42 Å². The number of likely N-dealkylation sites (N-methyl/N-ethyl adjacent to an activating group) is 1. The second-order valence-corrected chi connectivity index (χ2v) is 6.90. The summed E-state index contributed by atoms with van der Waals surface area (Å²) in [4.78, 5) is 22.1. The molecule has 21 heavy (non-hydrogen) atoms. The number of hydrogen-bond acceptors (Lipinski definition) is 4. The van der Waals surface area contributed by atoms with Gasteiger partial charge in [-0.15, -0.1) is 0 Å². The predicted octanol–water partition coefficient (Wildman–Crippen LogP) is 0.934. The first kappa shape index (κ1) is 17.1. The molecule has 1 rings (SSSR count). The number of carboxylic acids is 2. The van der Waals surface area contributed by atoms with Crippen LogP contribution in [0.5, 0.6) is 0 Å². The first-order chi connectivity index (χ1) is 9.51. The van der Waals surface area contributed by atoms with Crippen molar-refractivity contribution >= 4 is 22.0 Å². The van der Waals surface area contributed by atoms with Crippen molar-refractivity contribution in [3.63, 3.8) is 0 Å². The van der Waals surface area contributed by atoms with Crippen molar-refractivity contribution < 1.29 is 28.2 Å². The van der Waals surface area contributed by atoms with E-state index in [4.69, 9.17) is 5.11 Å². The van der Waals surface area contributed by atoms with Crippen LogP contribution in [-0.4, -0.2) is 47.5 Å². The fraction of sp³-hybridized carbons (Fsp3) is 0.385. The minimum Gasteiger partial charge on any atom is -0.481 e. The molecule has 8 heteroatoms. The third kappa shape index (κ3) is 3.40. The lowest BCUT2D eigenvalue weighted by Gasteiger charge is -2.32. The van der Waals surface area contributed by atoms with E-state index in [0.717, 1.165) is 19.5 Å². The van der Waals surface area contributed by atoms with Gasteiger partial charge in [0.05, 0.1) is 11.3 Å². The van der Waals surface area contributed by atoms with Crippen molar-refractivity contribution in [1.29, 1.82) is 0 Å². The highest BCUT2D eigenvalue weighted by Crippen LogP contribution is 2.26. The Kier molecular flexibility index (Phi) is 4.75. The average Bonchev–Trinajstić information content (AvgIpc) is 2.37. The minimum atomic E-state index is -4.11. The maximum atomic E-state index is 12.4. The third-order valence-electron chi connectivity index (χ3n) is 3.33. The summed E-state index contributed by atoms with van der Waals surface area (Å²) < 4.78 is 25.5. The lowest BCUT2D eigenvalue weighted by molar-refractivity contribution is -0.153. The van der Waals surface area contributed by atoms with Crippen molar-refractivity contribution in [3.8, 4) is 0 Å². The van der Waals surface area contributed by atoms with E-state index in [2.05, 4.69) is 0 Å². The molecular formula is C13H17NO6S. The van der Waals surface area contributed by atoms with Gasteiger partial charge in [0.25, 0.3) is 0 Å². The molecule has 0 saturated heterocycles. The molecule has 7 nitrogen and oxygen atoms in total. The molecule has 0 aliphatic carbocycles. The number of hydrogen-bond donors (Lipinski definition) is 2. The lowest BCUT2D eigenvalue weighted by Crippen LogP contribution is -2.54. The van der Waals surface area contributed by atoms with Crippen LogP contribution in [0.25, 0.3) is 0 Å². The van der Waals surface area contributed by atoms with Crippen molar-refractivity contribution in [1.82, 2.24) is 4.31 Å². The standard InChI is InChI=1S/C13H17NO6S/c1-9-4-6-10(7-5-9)21(19,20)14(3)13(2,12(17)18)8-11(15)16/h4-7H,8H2,1-3H3,(H,15,16)(H,17,18)/t13-/m0/s1. The Balaban J connectivity index is 3.31. The Morgan fingerprint density at radius 2 is 1.67 bits per heavy atom. The molecule has 0 bridgehead atoms. The topological polar surface area (TPSA) is 112 Å². The van der Waals surface area contributed by atoms with E-state index in [1.807, 2.05) is 0 Å². The minimum absolute atomic E-state index is 0.0894. The zero-order chi connectivity index (χ0) is 16.4. The summed E-state index contributed by atoms with van der Waals surface area (Å²) in [6, 6.07) is 5.86. The van der Waals surface area contributed by atoms with E-state index in [1.165, 1.54) is 12.1 Å². The Hall–Kier alpha value is -1.93. The summed E-state index contributed by atoms with van der Waals surface area (Å²) in [5.41, 5.74) is -1.22. The van der Waals surface area contributed by atoms with Crippen molar-refractivity contribution in [2.75, 3.05) is 7.05 Å². The molecule has 1 atom stereocenters. The van der Waals surface area contributed by atoms with Gasteiger partial charge in [-0.3, -0.25) is 9.59 Å². The van der Waals surface area contributed by atoms with Crippen LogP contribution in [-0.2, 0) is 19.6 Å². The van der Waals surface area contributed by atoms with E-state index in [0.29, 0.717) is 4.31 Å². The Morgan fingerprint density at radius 3 is 2.05 bits per heavy atom. The summed E-state index contributed by atoms with van der Waals surface area (Å²) in [6.07, 6.45) is -0.843. The molecular weight excluding hydrogens is 298 g/mol. The van der Waals surface area contributed by atoms with Crippen molar-refractivity contribution in [3.05, 3.63) is 29.8 Å². The highest BCUT2D eigenvalue weighted by Gasteiger charge is 2.45. The van der Waals surface area contributed by atoms with Crippen LogP contribution in [0.15, 0.2) is 29.2 Å². The fourth-order valence-electron chi connectivity index (χ4n) is 1.75. The maximum Gasteiger partial charge on any atom is 0.325 e. The van der Waals surface area contributed by atoms with Crippen LogP contribution in [0, 0.1) is 6.92 Å². The highest BCUT2D eigenvalue weighted by molar-refractivity contribution is 7.89. The molecule has 0 saturated carbocycles. The molecule has 0 aromatic heterocycles. The summed E-state index contributed by atoms with van der Waals surface area (Å²) in [6.45, 7) is 2.85. The highest BCUT2D eigenvalue weighted by atomic mass is 32.2. The van der Waals surface area contributed by atoms with Crippen LogP contribution in [0.3, 0.4) is 0 Å². The molecule has 116 valence electrons. The van der Waals surface area contributed by atoms with Gasteiger partial charge in [0.1, 0.15) is 5.54 Å². The maximum absolute atomic E-state index is 12.4. The van der Waals surface area contributed by atoms with Gasteiger partial charge < -0.3 is 10.2 Å². The molecule has 0 fully saturated rings. The number of carbonyl (C=O) groups is 2. The van der Waals surface area contributed by atoms with Crippen LogP contribution in [0.1, 0.15) is 18.9 Å². The number of nitrogens with zero attached hydrogens (tertiary/aromatic N) is 1. The number of rotatable bonds is 6. The molecule has 0 unspecified atom stereocenters. The Labute approximate surface area is 122 Å². The second kappa shape index (κ2) is 5.82. The number of sulfonamides is 1. The van der Waals surface area contributed by atoms with Gasteiger partial charge in [0.2, 0.25) is 10.0 Å². The summed E-state index contributed by atoms with van der Waals surface area (Å²) in [5.74, 6) is -2.92. The van der Waals surface area contributed by atoms with E-state index in [-0.39, 0.29) is 4.90 Å². The van der Waals surface area contributed by atoms with E-state index >= 15 is 0 Å². The molecule has 2 N–H and O–H groups in total. The molecule has 0 heterocycles. The number of carboxylic acid groups (broad SMARTS) is 2. The smallest absolute Gasteiger partial charge is 0.325 e. The molecule has 0 aliphatic heterocycles. The number of aryl methyl sites for hydroxylation is 1. The van der Waals surface area contributed by atoms with Gasteiger partial charge in [-0.1, -0.05) is 17.7 Å². The first-order valence-electron chi connectivity index (χ1n) is 6.02. The number of benzene rings is 1. The fourth-order valence-corrected chi connectivity index (χ4v) is 3.22. The zero-order valence-electron chi connectivity index (χ0n) is 11.9. The summed E-state index contributed by atoms with van der Waals surface area (Å²) in [7, 11) is -3.05. The molecule has 0 aliphatic rings. The van der Waals surface area contributed by atoms with Crippen LogP contribution >= 0.6 is 0 Å². The zero-order valence-corrected chi connectivity index (χ0v) is 12.7.